The Balaban J connectivity index is 1.23. The quantitative estimate of drug-likeness (QED) is 0.185. The third-order valence-corrected chi connectivity index (χ3v) is 6.80. The van der Waals surface area contributed by atoms with Crippen LogP contribution in [0.3, 0.4) is 0 Å². The maximum Gasteiger partial charge on any atom is 0.303 e. The smallest absolute Gasteiger partial charge is 0.303 e. The van der Waals surface area contributed by atoms with Gasteiger partial charge < -0.3 is 9.84 Å². The first-order chi connectivity index (χ1) is 19.5. The van der Waals surface area contributed by atoms with Gasteiger partial charge in [0.1, 0.15) is 18.2 Å². The van der Waals surface area contributed by atoms with Crippen LogP contribution in [0.15, 0.2) is 109 Å². The Kier molecular flexibility index (Phi) is 8.66. The lowest BCUT2D eigenvalue weighted by atomic mass is 10.0. The number of hydrogen-bond donors (Lipinski definition) is 1. The molecule has 1 heterocycles. The van der Waals surface area contributed by atoms with Gasteiger partial charge in [0.05, 0.1) is 12.2 Å². The van der Waals surface area contributed by atoms with Crippen LogP contribution in [0.1, 0.15) is 34.2 Å². The number of ether oxygens (including phenoxy) is 1. The van der Waals surface area contributed by atoms with Gasteiger partial charge in [0, 0.05) is 18.2 Å². The zero-order valence-electron chi connectivity index (χ0n) is 22.2. The standard InChI is InChI=1S/C34H31FN2O3/c35-31-17-15-29(16-18-31)34-30(14-10-25-4-2-1-3-5-25)23-37(36-34)22-27-6-8-28(9-7-27)24-40-32-19-11-26(12-20-32)13-21-33(38)39/h1-9,11-12,15-20,23H,10,13-14,21-22,24H2,(H,38,39). The molecule has 0 bridgehead atoms. The van der Waals surface area contributed by atoms with Crippen molar-refractivity contribution in [2.45, 2.75) is 38.8 Å². The minimum atomic E-state index is -0.798. The maximum atomic E-state index is 13.6. The molecule has 0 aliphatic carbocycles. The summed E-state index contributed by atoms with van der Waals surface area (Å²) in [5, 5.41) is 13.7. The monoisotopic (exact) mass is 534 g/mol. The molecular weight excluding hydrogens is 503 g/mol. The number of hydrogen-bond acceptors (Lipinski definition) is 3. The van der Waals surface area contributed by atoms with Crippen LogP contribution in [0.5, 0.6) is 5.75 Å². The van der Waals surface area contributed by atoms with Gasteiger partial charge in [-0.05, 0) is 83.5 Å². The molecule has 1 aromatic heterocycles. The summed E-state index contributed by atoms with van der Waals surface area (Å²) in [6.45, 7) is 1.06. The van der Waals surface area contributed by atoms with Crippen LogP contribution in [0, 0.1) is 5.82 Å². The van der Waals surface area contributed by atoms with Gasteiger partial charge in [-0.3, -0.25) is 9.48 Å². The van der Waals surface area contributed by atoms with Gasteiger partial charge >= 0.3 is 5.97 Å². The molecule has 0 aliphatic heterocycles. The lowest BCUT2D eigenvalue weighted by Gasteiger charge is -2.08. The third kappa shape index (κ3) is 7.44. The molecule has 1 N–H and O–H groups in total. The topological polar surface area (TPSA) is 64.3 Å². The third-order valence-electron chi connectivity index (χ3n) is 6.80. The van der Waals surface area contributed by atoms with Crippen LogP contribution < -0.4 is 4.74 Å². The minimum absolute atomic E-state index is 0.119. The summed E-state index contributed by atoms with van der Waals surface area (Å²) >= 11 is 0. The summed E-state index contributed by atoms with van der Waals surface area (Å²) in [7, 11) is 0. The molecular formula is C34H31FN2O3. The van der Waals surface area contributed by atoms with Crippen LogP contribution in [-0.4, -0.2) is 20.9 Å². The van der Waals surface area contributed by atoms with Gasteiger partial charge in [0.15, 0.2) is 0 Å². The molecule has 40 heavy (non-hydrogen) atoms. The second-order valence-corrected chi connectivity index (χ2v) is 9.84. The molecule has 0 spiro atoms. The molecule has 5 rings (SSSR count). The Morgan fingerprint density at radius 3 is 2.10 bits per heavy atom. The number of aryl methyl sites for hydroxylation is 3. The van der Waals surface area contributed by atoms with Crippen molar-refractivity contribution in [3.8, 4) is 17.0 Å². The van der Waals surface area contributed by atoms with Crippen molar-refractivity contribution in [1.29, 1.82) is 0 Å². The van der Waals surface area contributed by atoms with Gasteiger partial charge in [-0.2, -0.15) is 5.10 Å². The second-order valence-electron chi connectivity index (χ2n) is 9.84. The van der Waals surface area contributed by atoms with E-state index >= 15 is 0 Å². The summed E-state index contributed by atoms with van der Waals surface area (Å²) in [4.78, 5) is 10.7. The average Bonchev–Trinajstić information content (AvgIpc) is 3.38. The summed E-state index contributed by atoms with van der Waals surface area (Å²) in [5.41, 5.74) is 7.34. The second kappa shape index (κ2) is 12.9. The molecule has 0 unspecified atom stereocenters. The van der Waals surface area contributed by atoms with E-state index in [-0.39, 0.29) is 12.2 Å². The first-order valence-corrected chi connectivity index (χ1v) is 13.4. The van der Waals surface area contributed by atoms with Gasteiger partial charge in [0.25, 0.3) is 0 Å². The van der Waals surface area contributed by atoms with Crippen LogP contribution in [0.25, 0.3) is 11.3 Å². The first kappa shape index (κ1) is 26.9. The number of carboxylic acid groups (broad SMARTS) is 1. The fraction of sp³-hybridized carbons (Fsp3) is 0.176. The van der Waals surface area contributed by atoms with E-state index in [2.05, 4.69) is 54.7 Å². The molecule has 6 heteroatoms. The average molecular weight is 535 g/mol. The highest BCUT2D eigenvalue weighted by molar-refractivity contribution is 5.67. The van der Waals surface area contributed by atoms with Crippen molar-refractivity contribution in [2.75, 3.05) is 0 Å². The van der Waals surface area contributed by atoms with Crippen molar-refractivity contribution < 1.29 is 19.0 Å². The Bertz CT molecular complexity index is 1530. The number of benzene rings is 4. The van der Waals surface area contributed by atoms with E-state index in [4.69, 9.17) is 14.9 Å². The molecule has 5 nitrogen and oxygen atoms in total. The van der Waals surface area contributed by atoms with Gasteiger partial charge in [-0.15, -0.1) is 0 Å². The summed E-state index contributed by atoms with van der Waals surface area (Å²) in [6.07, 6.45) is 4.47. The molecule has 202 valence electrons. The number of nitrogens with zero attached hydrogens (tertiary/aromatic N) is 2. The Morgan fingerprint density at radius 1 is 0.750 bits per heavy atom. The number of carboxylic acids is 1. The maximum absolute atomic E-state index is 13.6. The highest BCUT2D eigenvalue weighted by Gasteiger charge is 2.12. The molecule has 5 aromatic rings. The molecule has 4 aromatic carbocycles. The number of halogens is 1. The fourth-order valence-corrected chi connectivity index (χ4v) is 4.60. The Labute approximate surface area is 233 Å². The van der Waals surface area contributed by atoms with Crippen molar-refractivity contribution in [3.63, 3.8) is 0 Å². The van der Waals surface area contributed by atoms with E-state index in [0.29, 0.717) is 19.6 Å². The predicted molar refractivity (Wildman–Crippen MR) is 154 cm³/mol. The summed E-state index contributed by atoms with van der Waals surface area (Å²) in [5.74, 6) is -0.310. The van der Waals surface area contributed by atoms with E-state index in [9.17, 15) is 9.18 Å². The van der Waals surface area contributed by atoms with E-state index in [1.165, 1.54) is 17.7 Å². The highest BCUT2D eigenvalue weighted by Crippen LogP contribution is 2.25. The van der Waals surface area contributed by atoms with Crippen molar-refractivity contribution in [2.24, 2.45) is 0 Å². The summed E-state index contributed by atoms with van der Waals surface area (Å²) < 4.78 is 21.4. The summed E-state index contributed by atoms with van der Waals surface area (Å²) in [6, 6.07) is 32.7. The largest absolute Gasteiger partial charge is 0.489 e. The SMILES string of the molecule is O=C(O)CCc1ccc(OCc2ccc(Cn3cc(CCc4ccccc4)c(-c4ccc(F)cc4)n3)cc2)cc1. The van der Waals surface area contributed by atoms with E-state index in [1.807, 2.05) is 35.0 Å². The van der Waals surface area contributed by atoms with E-state index in [1.54, 1.807) is 12.1 Å². The first-order valence-electron chi connectivity index (χ1n) is 13.4. The number of aromatic nitrogens is 2. The van der Waals surface area contributed by atoms with Gasteiger partial charge in [-0.25, -0.2) is 4.39 Å². The van der Waals surface area contributed by atoms with Crippen molar-refractivity contribution in [3.05, 3.63) is 143 Å². The molecule has 0 atom stereocenters. The fourth-order valence-electron chi connectivity index (χ4n) is 4.60. The van der Waals surface area contributed by atoms with Crippen LogP contribution >= 0.6 is 0 Å². The van der Waals surface area contributed by atoms with E-state index in [0.717, 1.165) is 52.1 Å². The van der Waals surface area contributed by atoms with Crippen LogP contribution in [0.2, 0.25) is 0 Å². The van der Waals surface area contributed by atoms with Crippen LogP contribution in [-0.2, 0) is 37.2 Å². The lowest BCUT2D eigenvalue weighted by Crippen LogP contribution is -2.01. The van der Waals surface area contributed by atoms with Crippen molar-refractivity contribution >= 4 is 5.97 Å². The van der Waals surface area contributed by atoms with Gasteiger partial charge in [0.2, 0.25) is 0 Å². The minimum Gasteiger partial charge on any atom is -0.489 e. The van der Waals surface area contributed by atoms with Gasteiger partial charge in [-0.1, -0.05) is 66.7 Å². The molecule has 0 aliphatic rings. The Hall–Kier alpha value is -4.71. The zero-order valence-corrected chi connectivity index (χ0v) is 22.2. The zero-order chi connectivity index (χ0) is 27.7. The molecule has 0 fully saturated rings. The number of carbonyl (C=O) groups is 1. The van der Waals surface area contributed by atoms with Crippen molar-refractivity contribution in [1.82, 2.24) is 9.78 Å². The number of aliphatic carboxylic acids is 1. The Morgan fingerprint density at radius 2 is 1.40 bits per heavy atom. The number of rotatable bonds is 12. The van der Waals surface area contributed by atoms with Crippen LogP contribution in [0.4, 0.5) is 4.39 Å². The normalized spacial score (nSPS) is 10.9. The molecule has 0 saturated heterocycles. The highest BCUT2D eigenvalue weighted by atomic mass is 19.1. The lowest BCUT2D eigenvalue weighted by molar-refractivity contribution is -0.136. The molecule has 0 radical (unpaired) electrons. The van der Waals surface area contributed by atoms with E-state index < -0.39 is 5.97 Å². The molecule has 0 saturated carbocycles. The predicted octanol–water partition coefficient (Wildman–Crippen LogP) is 7.12. The molecule has 0 amide bonds.